The molecule has 0 atom stereocenters. The highest BCUT2D eigenvalue weighted by Crippen LogP contribution is 2.32. The van der Waals surface area contributed by atoms with E-state index >= 15 is 0 Å². The number of aromatic nitrogens is 2. The summed E-state index contributed by atoms with van der Waals surface area (Å²) in [7, 11) is 0. The number of nitrogens with one attached hydrogen (secondary N) is 1. The zero-order valence-electron chi connectivity index (χ0n) is 15.5. The van der Waals surface area contributed by atoms with Crippen molar-refractivity contribution in [1.82, 2.24) is 9.55 Å². The normalized spacial score (nSPS) is 10.7. The lowest BCUT2D eigenvalue weighted by Crippen LogP contribution is -2.28. The number of halogens is 2. The molecule has 1 heterocycles. The molecule has 0 spiro atoms. The molecule has 8 heteroatoms. The largest absolute Gasteiger partial charge is 0.455 e. The fraction of sp³-hybridized carbons (Fsp3) is 0.0455. The number of benzene rings is 3. The first-order valence-corrected chi connectivity index (χ1v) is 9.72. The topological polar surface area (TPSA) is 73.2 Å². The van der Waals surface area contributed by atoms with Crippen molar-refractivity contribution in [2.75, 3.05) is 5.32 Å². The molecule has 1 aromatic heterocycles. The summed E-state index contributed by atoms with van der Waals surface area (Å²) in [4.78, 5) is 29.5. The van der Waals surface area contributed by atoms with Crippen molar-refractivity contribution in [1.29, 1.82) is 0 Å². The maximum absolute atomic E-state index is 12.7. The van der Waals surface area contributed by atoms with Crippen LogP contribution in [-0.4, -0.2) is 15.5 Å². The van der Waals surface area contributed by atoms with Crippen molar-refractivity contribution in [3.8, 4) is 11.5 Å². The SMILES string of the molecule is O=C(Cn1cnc2ccc(Cl)cc2c1=O)Nc1cc(Cl)ccc1Oc1ccccc1. The second-order valence-electron chi connectivity index (χ2n) is 6.44. The number of hydrogen-bond donors (Lipinski definition) is 1. The Hall–Kier alpha value is -3.35. The zero-order chi connectivity index (χ0) is 21.1. The van der Waals surface area contributed by atoms with E-state index < -0.39 is 5.91 Å². The molecule has 6 nitrogen and oxygen atoms in total. The van der Waals surface area contributed by atoms with E-state index in [1.54, 1.807) is 42.5 Å². The van der Waals surface area contributed by atoms with Gasteiger partial charge in [0, 0.05) is 10.0 Å². The molecular weight excluding hydrogens is 425 g/mol. The van der Waals surface area contributed by atoms with Gasteiger partial charge >= 0.3 is 0 Å². The Kier molecular flexibility index (Phi) is 5.70. The standard InChI is InChI=1S/C22H15Cl2N3O3/c23-14-6-8-18-17(10-14)22(29)27(13-25-18)12-21(28)26-19-11-15(24)7-9-20(19)30-16-4-2-1-3-5-16/h1-11,13H,12H2,(H,26,28). The van der Waals surface area contributed by atoms with Gasteiger partial charge < -0.3 is 10.1 Å². The number of ether oxygens (including phenoxy) is 1. The van der Waals surface area contributed by atoms with E-state index in [0.29, 0.717) is 38.1 Å². The van der Waals surface area contributed by atoms with Crippen LogP contribution >= 0.6 is 23.2 Å². The van der Waals surface area contributed by atoms with Crippen molar-refractivity contribution < 1.29 is 9.53 Å². The predicted molar refractivity (Wildman–Crippen MR) is 118 cm³/mol. The van der Waals surface area contributed by atoms with Crippen LogP contribution in [0.3, 0.4) is 0 Å². The molecule has 0 aliphatic heterocycles. The molecule has 0 fully saturated rings. The van der Waals surface area contributed by atoms with E-state index in [-0.39, 0.29) is 12.1 Å². The van der Waals surface area contributed by atoms with Gasteiger partial charge in [-0.2, -0.15) is 0 Å². The summed E-state index contributed by atoms with van der Waals surface area (Å²) >= 11 is 12.1. The van der Waals surface area contributed by atoms with Gasteiger partial charge in [-0.15, -0.1) is 0 Å². The first-order chi connectivity index (χ1) is 14.5. The number of fused-ring (bicyclic) bond motifs is 1. The Balaban J connectivity index is 1.57. The summed E-state index contributed by atoms with van der Waals surface area (Å²) < 4.78 is 7.06. The average Bonchev–Trinajstić information content (AvgIpc) is 2.73. The van der Waals surface area contributed by atoms with E-state index in [1.807, 2.05) is 18.2 Å². The van der Waals surface area contributed by atoms with Crippen molar-refractivity contribution >= 4 is 45.7 Å². The zero-order valence-corrected chi connectivity index (χ0v) is 17.0. The van der Waals surface area contributed by atoms with Crippen LogP contribution in [0, 0.1) is 0 Å². The highest BCUT2D eigenvalue weighted by Gasteiger charge is 2.13. The van der Waals surface area contributed by atoms with Crippen LogP contribution in [0.25, 0.3) is 10.9 Å². The van der Waals surface area contributed by atoms with E-state index in [2.05, 4.69) is 10.3 Å². The summed E-state index contributed by atoms with van der Waals surface area (Å²) in [6.07, 6.45) is 1.33. The second-order valence-corrected chi connectivity index (χ2v) is 7.32. The molecule has 0 bridgehead atoms. The molecule has 0 unspecified atom stereocenters. The lowest BCUT2D eigenvalue weighted by Gasteiger charge is -2.13. The average molecular weight is 440 g/mol. The van der Waals surface area contributed by atoms with Crippen molar-refractivity contribution in [2.24, 2.45) is 0 Å². The lowest BCUT2D eigenvalue weighted by molar-refractivity contribution is -0.116. The molecule has 150 valence electrons. The molecule has 4 rings (SSSR count). The van der Waals surface area contributed by atoms with E-state index in [9.17, 15) is 9.59 Å². The lowest BCUT2D eigenvalue weighted by atomic mass is 10.2. The maximum atomic E-state index is 12.7. The number of carbonyl (C=O) groups is 1. The fourth-order valence-corrected chi connectivity index (χ4v) is 3.24. The third kappa shape index (κ3) is 4.45. The van der Waals surface area contributed by atoms with Gasteiger partial charge in [0.05, 0.1) is 22.9 Å². The quantitative estimate of drug-likeness (QED) is 0.467. The van der Waals surface area contributed by atoms with Crippen LogP contribution < -0.4 is 15.6 Å². The van der Waals surface area contributed by atoms with E-state index in [4.69, 9.17) is 27.9 Å². The van der Waals surface area contributed by atoms with E-state index in [0.717, 1.165) is 0 Å². The van der Waals surface area contributed by atoms with Crippen LogP contribution in [0.5, 0.6) is 11.5 Å². The van der Waals surface area contributed by atoms with E-state index in [1.165, 1.54) is 17.0 Å². The van der Waals surface area contributed by atoms with Gasteiger partial charge in [0.2, 0.25) is 5.91 Å². The Morgan fingerprint density at radius 1 is 1.00 bits per heavy atom. The monoisotopic (exact) mass is 439 g/mol. The Bertz CT molecular complexity index is 1290. The van der Waals surface area contributed by atoms with Gasteiger partial charge in [-0.05, 0) is 48.5 Å². The van der Waals surface area contributed by atoms with Gasteiger partial charge in [-0.3, -0.25) is 14.2 Å². The molecule has 3 aromatic carbocycles. The summed E-state index contributed by atoms with van der Waals surface area (Å²) in [5, 5.41) is 3.94. The van der Waals surface area contributed by atoms with Crippen molar-refractivity contribution in [3.63, 3.8) is 0 Å². The first kappa shape index (κ1) is 19.9. The molecule has 0 saturated carbocycles. The first-order valence-electron chi connectivity index (χ1n) is 8.96. The summed E-state index contributed by atoms with van der Waals surface area (Å²) in [5.74, 6) is 0.609. The van der Waals surface area contributed by atoms with Gasteiger partial charge in [0.25, 0.3) is 5.56 Å². The van der Waals surface area contributed by atoms with Gasteiger partial charge in [0.15, 0.2) is 5.75 Å². The van der Waals surface area contributed by atoms with Gasteiger partial charge in [-0.25, -0.2) is 4.98 Å². The second kappa shape index (κ2) is 8.57. The number of carbonyl (C=O) groups excluding carboxylic acids is 1. The summed E-state index contributed by atoms with van der Waals surface area (Å²) in [6, 6.07) is 18.9. The molecule has 30 heavy (non-hydrogen) atoms. The molecule has 0 aliphatic carbocycles. The minimum atomic E-state index is -0.430. The minimum Gasteiger partial charge on any atom is -0.455 e. The summed E-state index contributed by atoms with van der Waals surface area (Å²) in [5.41, 5.74) is 0.542. The molecule has 4 aromatic rings. The number of hydrogen-bond acceptors (Lipinski definition) is 4. The van der Waals surface area contributed by atoms with Crippen molar-refractivity contribution in [2.45, 2.75) is 6.54 Å². The predicted octanol–water partition coefficient (Wildman–Crippen LogP) is 5.13. The number of rotatable bonds is 5. The highest BCUT2D eigenvalue weighted by atomic mass is 35.5. The van der Waals surface area contributed by atoms with Crippen molar-refractivity contribution in [3.05, 3.63) is 93.5 Å². The smallest absolute Gasteiger partial charge is 0.261 e. The molecule has 0 radical (unpaired) electrons. The third-order valence-corrected chi connectivity index (χ3v) is 4.76. The molecule has 1 N–H and O–H groups in total. The molecule has 0 saturated heterocycles. The summed E-state index contributed by atoms with van der Waals surface area (Å²) in [6.45, 7) is -0.231. The number of para-hydroxylation sites is 1. The molecule has 0 aliphatic rings. The van der Waals surface area contributed by atoms with Crippen LogP contribution in [0.15, 0.2) is 77.9 Å². The van der Waals surface area contributed by atoms with Gasteiger partial charge in [-0.1, -0.05) is 41.4 Å². The Morgan fingerprint density at radius 3 is 2.53 bits per heavy atom. The minimum absolute atomic E-state index is 0.231. The number of amides is 1. The van der Waals surface area contributed by atoms with Crippen LogP contribution in [0.2, 0.25) is 10.0 Å². The molecular formula is C22H15Cl2N3O3. The third-order valence-electron chi connectivity index (χ3n) is 4.29. The fourth-order valence-electron chi connectivity index (χ4n) is 2.89. The van der Waals surface area contributed by atoms with Crippen LogP contribution in [-0.2, 0) is 11.3 Å². The van der Waals surface area contributed by atoms with Crippen LogP contribution in [0.1, 0.15) is 0 Å². The Labute approximate surface area is 181 Å². The Morgan fingerprint density at radius 2 is 1.73 bits per heavy atom. The maximum Gasteiger partial charge on any atom is 0.261 e. The number of anilines is 1. The molecule has 1 amide bonds. The number of nitrogens with zero attached hydrogens (tertiary/aromatic N) is 2. The van der Waals surface area contributed by atoms with Gasteiger partial charge in [0.1, 0.15) is 12.3 Å². The van der Waals surface area contributed by atoms with Crippen LogP contribution in [0.4, 0.5) is 5.69 Å². The highest BCUT2D eigenvalue weighted by molar-refractivity contribution is 6.31.